The molecule has 0 aliphatic rings. The van der Waals surface area contributed by atoms with Gasteiger partial charge in [0.15, 0.2) is 0 Å². The molecule has 0 saturated carbocycles. The highest BCUT2D eigenvalue weighted by Gasteiger charge is 2.17. The molecule has 0 aromatic carbocycles. The first-order chi connectivity index (χ1) is 9.10. The van der Waals surface area contributed by atoms with Crippen LogP contribution in [0.2, 0.25) is 4.34 Å². The van der Waals surface area contributed by atoms with Gasteiger partial charge in [0.1, 0.15) is 6.54 Å². The topological polar surface area (TPSA) is 70.7 Å². The molecule has 0 radical (unpaired) electrons. The van der Waals surface area contributed by atoms with Crippen molar-refractivity contribution in [3.05, 3.63) is 33.7 Å². The fourth-order valence-corrected chi connectivity index (χ4v) is 2.64. The average molecular weight is 295 g/mol. The summed E-state index contributed by atoms with van der Waals surface area (Å²) >= 11 is 7.24. The molecule has 7 heteroatoms. The van der Waals surface area contributed by atoms with Crippen LogP contribution in [0, 0.1) is 11.3 Å². The smallest absolute Gasteiger partial charge is 0.232 e. The molecule has 0 aliphatic heterocycles. The normalized spacial score (nSPS) is 11.8. The molecule has 0 saturated heterocycles. The maximum Gasteiger partial charge on any atom is 0.232 e. The van der Waals surface area contributed by atoms with E-state index >= 15 is 0 Å². The van der Waals surface area contributed by atoms with Gasteiger partial charge in [-0.15, -0.1) is 11.3 Å². The summed E-state index contributed by atoms with van der Waals surface area (Å²) in [5.41, 5.74) is 0.578. The predicted molar refractivity (Wildman–Crippen MR) is 74.2 cm³/mol. The summed E-state index contributed by atoms with van der Waals surface area (Å²) in [6, 6.07) is 5.59. The van der Waals surface area contributed by atoms with E-state index in [0.717, 1.165) is 4.88 Å². The Morgan fingerprint density at radius 2 is 2.47 bits per heavy atom. The Morgan fingerprint density at radius 1 is 1.68 bits per heavy atom. The van der Waals surface area contributed by atoms with Gasteiger partial charge in [-0.3, -0.25) is 9.48 Å². The first kappa shape index (κ1) is 13.6. The second-order valence-electron chi connectivity index (χ2n) is 3.94. The molecular formula is C12H11ClN4OS. The number of amides is 1. The van der Waals surface area contributed by atoms with Crippen molar-refractivity contribution in [2.24, 2.45) is 0 Å². The number of halogens is 1. The fraction of sp³-hybridized carbons (Fsp3) is 0.250. The quantitative estimate of drug-likeness (QED) is 0.942. The van der Waals surface area contributed by atoms with Gasteiger partial charge in [0.25, 0.3) is 0 Å². The molecule has 5 nitrogen and oxygen atoms in total. The van der Waals surface area contributed by atoms with E-state index in [1.165, 1.54) is 22.2 Å². The van der Waals surface area contributed by atoms with Crippen LogP contribution in [-0.4, -0.2) is 15.7 Å². The van der Waals surface area contributed by atoms with E-state index < -0.39 is 0 Å². The van der Waals surface area contributed by atoms with Crippen molar-refractivity contribution in [3.8, 4) is 6.07 Å². The van der Waals surface area contributed by atoms with Crippen LogP contribution in [0.5, 0.6) is 0 Å². The Hall–Kier alpha value is -1.84. The summed E-state index contributed by atoms with van der Waals surface area (Å²) in [5.74, 6) is -0.410. The first-order valence-corrected chi connectivity index (χ1v) is 6.75. The van der Waals surface area contributed by atoms with Gasteiger partial charge in [-0.25, -0.2) is 0 Å². The minimum absolute atomic E-state index is 0.130. The van der Waals surface area contributed by atoms with E-state index in [2.05, 4.69) is 10.4 Å². The largest absolute Gasteiger partial charge is 0.323 e. The van der Waals surface area contributed by atoms with Crippen LogP contribution >= 0.6 is 22.9 Å². The zero-order valence-corrected chi connectivity index (χ0v) is 11.7. The molecule has 0 bridgehead atoms. The molecule has 2 aromatic heterocycles. The van der Waals surface area contributed by atoms with Crippen molar-refractivity contribution in [1.29, 1.82) is 5.26 Å². The minimum atomic E-state index is -0.281. The molecule has 0 spiro atoms. The number of anilines is 1. The predicted octanol–water partition coefficient (Wildman–Crippen LogP) is 2.86. The van der Waals surface area contributed by atoms with E-state index in [1.54, 1.807) is 12.3 Å². The summed E-state index contributed by atoms with van der Waals surface area (Å²) in [6.07, 6.45) is 3.14. The molecule has 1 atom stereocenters. The number of aromatic nitrogens is 2. The Labute approximate surface area is 119 Å². The highest BCUT2D eigenvalue weighted by atomic mass is 35.5. The van der Waals surface area contributed by atoms with Gasteiger partial charge in [-0.05, 0) is 19.1 Å². The van der Waals surface area contributed by atoms with E-state index in [-0.39, 0.29) is 18.4 Å². The van der Waals surface area contributed by atoms with Crippen LogP contribution in [0.25, 0.3) is 0 Å². The third-order valence-electron chi connectivity index (χ3n) is 2.55. The minimum Gasteiger partial charge on any atom is -0.323 e. The van der Waals surface area contributed by atoms with Crippen LogP contribution < -0.4 is 5.32 Å². The molecule has 0 fully saturated rings. The standard InChI is InChI=1S/C12H11ClN4OS/c1-8(10-2-3-11(13)19-10)12(18)16-9-6-15-17(7-9)5-4-14/h2-3,6-8H,5H2,1H3,(H,16,18). The summed E-state index contributed by atoms with van der Waals surface area (Å²) in [4.78, 5) is 12.9. The number of hydrogen-bond donors (Lipinski definition) is 1. The third-order valence-corrected chi connectivity index (χ3v) is 3.96. The zero-order valence-electron chi connectivity index (χ0n) is 10.1. The molecule has 1 N–H and O–H groups in total. The monoisotopic (exact) mass is 294 g/mol. The van der Waals surface area contributed by atoms with Crippen molar-refractivity contribution >= 4 is 34.5 Å². The summed E-state index contributed by atoms with van der Waals surface area (Å²) < 4.78 is 2.12. The third kappa shape index (κ3) is 3.34. The maximum absolute atomic E-state index is 12.0. The van der Waals surface area contributed by atoms with Crippen molar-refractivity contribution < 1.29 is 4.79 Å². The van der Waals surface area contributed by atoms with Crippen molar-refractivity contribution in [2.75, 3.05) is 5.32 Å². The number of nitriles is 1. The lowest BCUT2D eigenvalue weighted by molar-refractivity contribution is -0.117. The molecule has 2 aromatic rings. The first-order valence-electron chi connectivity index (χ1n) is 5.55. The van der Waals surface area contributed by atoms with Gasteiger partial charge in [-0.2, -0.15) is 10.4 Å². The molecule has 0 aliphatic carbocycles. The van der Waals surface area contributed by atoms with E-state index in [4.69, 9.17) is 16.9 Å². The lowest BCUT2D eigenvalue weighted by Crippen LogP contribution is -2.17. The van der Waals surface area contributed by atoms with E-state index in [1.807, 2.05) is 19.1 Å². The summed E-state index contributed by atoms with van der Waals surface area (Å²) in [5, 5.41) is 15.3. The highest BCUT2D eigenvalue weighted by Crippen LogP contribution is 2.28. The van der Waals surface area contributed by atoms with E-state index in [9.17, 15) is 4.79 Å². The zero-order chi connectivity index (χ0) is 13.8. The van der Waals surface area contributed by atoms with Gasteiger partial charge < -0.3 is 5.32 Å². The second-order valence-corrected chi connectivity index (χ2v) is 5.68. The molecule has 2 heterocycles. The number of rotatable bonds is 4. The van der Waals surface area contributed by atoms with Crippen molar-refractivity contribution in [1.82, 2.24) is 9.78 Å². The lowest BCUT2D eigenvalue weighted by atomic mass is 10.1. The van der Waals surface area contributed by atoms with Crippen LogP contribution in [0.15, 0.2) is 24.5 Å². The number of thiophene rings is 1. The van der Waals surface area contributed by atoms with E-state index in [0.29, 0.717) is 10.0 Å². The van der Waals surface area contributed by atoms with Gasteiger partial charge in [0.05, 0.1) is 28.2 Å². The molecule has 1 unspecified atom stereocenters. The Bertz CT molecular complexity index is 628. The summed E-state index contributed by atoms with van der Waals surface area (Å²) in [6.45, 7) is 1.98. The van der Waals surface area contributed by atoms with Crippen LogP contribution in [0.3, 0.4) is 0 Å². The number of nitrogens with zero attached hydrogens (tertiary/aromatic N) is 3. The Morgan fingerprint density at radius 3 is 3.11 bits per heavy atom. The number of carbonyl (C=O) groups excluding carboxylic acids is 1. The lowest BCUT2D eigenvalue weighted by Gasteiger charge is -2.08. The van der Waals surface area contributed by atoms with Crippen molar-refractivity contribution in [3.63, 3.8) is 0 Å². The molecule has 98 valence electrons. The number of hydrogen-bond acceptors (Lipinski definition) is 4. The average Bonchev–Trinajstić information content (AvgIpc) is 2.98. The molecule has 2 rings (SSSR count). The SMILES string of the molecule is CC(C(=O)Nc1cnn(CC#N)c1)c1ccc(Cl)s1. The van der Waals surface area contributed by atoms with Crippen LogP contribution in [-0.2, 0) is 11.3 Å². The van der Waals surface area contributed by atoms with Gasteiger partial charge in [0, 0.05) is 11.1 Å². The fourth-order valence-electron chi connectivity index (χ4n) is 1.53. The van der Waals surface area contributed by atoms with Gasteiger partial charge in [0.2, 0.25) is 5.91 Å². The van der Waals surface area contributed by atoms with Gasteiger partial charge >= 0.3 is 0 Å². The highest BCUT2D eigenvalue weighted by molar-refractivity contribution is 7.16. The second kappa shape index (κ2) is 5.87. The summed E-state index contributed by atoms with van der Waals surface area (Å²) in [7, 11) is 0. The molecule has 1 amide bonds. The van der Waals surface area contributed by atoms with Crippen LogP contribution in [0.1, 0.15) is 17.7 Å². The Kier molecular flexibility index (Phi) is 4.20. The van der Waals surface area contributed by atoms with Crippen LogP contribution in [0.4, 0.5) is 5.69 Å². The van der Waals surface area contributed by atoms with Crippen molar-refractivity contribution in [2.45, 2.75) is 19.4 Å². The van der Waals surface area contributed by atoms with Gasteiger partial charge in [-0.1, -0.05) is 11.6 Å². The maximum atomic E-state index is 12.0. The Balaban J connectivity index is 2.02. The number of carbonyl (C=O) groups is 1. The number of nitrogens with one attached hydrogen (secondary N) is 1. The molecule has 19 heavy (non-hydrogen) atoms. The molecular weight excluding hydrogens is 284 g/mol.